The van der Waals surface area contributed by atoms with Crippen LogP contribution in [0.3, 0.4) is 0 Å². The van der Waals surface area contributed by atoms with E-state index < -0.39 is 6.10 Å². The Balaban J connectivity index is 3.84. The summed E-state index contributed by atoms with van der Waals surface area (Å²) in [6, 6.07) is 0. The van der Waals surface area contributed by atoms with E-state index in [2.05, 4.69) is 6.92 Å². The van der Waals surface area contributed by atoms with Crippen molar-refractivity contribution in [2.45, 2.75) is 58.0 Å². The summed E-state index contributed by atoms with van der Waals surface area (Å²) in [5.74, 6) is -0.0583. The largest absolute Gasteiger partial charge is 0.395 e. The quantitative estimate of drug-likeness (QED) is 0.462. The number of carbonyl (C=O) groups excluding carboxylic acids is 1. The van der Waals surface area contributed by atoms with Gasteiger partial charge in [-0.05, 0) is 6.42 Å². The maximum absolute atomic E-state index is 11.9. The SMILES string of the molecule is CCCCCCCCC(=O)N(CCO)C[C@@H](O)CO. The first kappa shape index (κ1) is 18.4. The van der Waals surface area contributed by atoms with Gasteiger partial charge in [-0.15, -0.1) is 0 Å². The number of rotatable bonds is 12. The number of hydrogen-bond acceptors (Lipinski definition) is 4. The van der Waals surface area contributed by atoms with Crippen molar-refractivity contribution in [1.29, 1.82) is 0 Å². The van der Waals surface area contributed by atoms with Gasteiger partial charge in [-0.3, -0.25) is 4.79 Å². The smallest absolute Gasteiger partial charge is 0.222 e. The average Bonchev–Trinajstić information content (AvgIpc) is 2.41. The van der Waals surface area contributed by atoms with Crippen molar-refractivity contribution < 1.29 is 20.1 Å². The molecule has 1 amide bonds. The van der Waals surface area contributed by atoms with Crippen molar-refractivity contribution in [3.63, 3.8) is 0 Å². The van der Waals surface area contributed by atoms with Crippen LogP contribution in [0.15, 0.2) is 0 Å². The van der Waals surface area contributed by atoms with Gasteiger partial charge in [-0.25, -0.2) is 0 Å². The molecule has 0 aromatic heterocycles. The van der Waals surface area contributed by atoms with Crippen molar-refractivity contribution in [2.24, 2.45) is 0 Å². The molecule has 0 bridgehead atoms. The zero-order valence-electron chi connectivity index (χ0n) is 12.1. The highest BCUT2D eigenvalue weighted by atomic mass is 16.3. The van der Waals surface area contributed by atoms with Gasteiger partial charge in [-0.2, -0.15) is 0 Å². The summed E-state index contributed by atoms with van der Waals surface area (Å²) in [4.78, 5) is 13.3. The lowest BCUT2D eigenvalue weighted by molar-refractivity contribution is -0.133. The summed E-state index contributed by atoms with van der Waals surface area (Å²) in [5.41, 5.74) is 0. The molecule has 0 aliphatic rings. The van der Waals surface area contributed by atoms with E-state index >= 15 is 0 Å². The zero-order chi connectivity index (χ0) is 14.5. The van der Waals surface area contributed by atoms with Crippen LogP contribution >= 0.6 is 0 Å². The highest BCUT2D eigenvalue weighted by Crippen LogP contribution is 2.08. The molecule has 0 heterocycles. The van der Waals surface area contributed by atoms with Crippen molar-refractivity contribution in [3.8, 4) is 0 Å². The highest BCUT2D eigenvalue weighted by molar-refractivity contribution is 5.76. The molecule has 0 aromatic rings. The molecule has 0 aliphatic heterocycles. The van der Waals surface area contributed by atoms with Crippen LogP contribution in [0.25, 0.3) is 0 Å². The van der Waals surface area contributed by atoms with Crippen molar-refractivity contribution in [3.05, 3.63) is 0 Å². The maximum atomic E-state index is 11.9. The summed E-state index contributed by atoms with van der Waals surface area (Å²) in [6.07, 6.45) is 6.23. The van der Waals surface area contributed by atoms with Crippen LogP contribution < -0.4 is 0 Å². The lowest BCUT2D eigenvalue weighted by atomic mass is 10.1. The van der Waals surface area contributed by atoms with Crippen molar-refractivity contribution in [1.82, 2.24) is 4.90 Å². The molecule has 19 heavy (non-hydrogen) atoms. The molecule has 0 aromatic carbocycles. The highest BCUT2D eigenvalue weighted by Gasteiger charge is 2.16. The molecule has 0 spiro atoms. The van der Waals surface area contributed by atoms with E-state index in [1.807, 2.05) is 0 Å². The molecular weight excluding hydrogens is 246 g/mol. The van der Waals surface area contributed by atoms with Gasteiger partial charge in [0.15, 0.2) is 0 Å². The Morgan fingerprint density at radius 2 is 1.74 bits per heavy atom. The monoisotopic (exact) mass is 275 g/mol. The molecule has 0 rings (SSSR count). The van der Waals surface area contributed by atoms with E-state index in [4.69, 9.17) is 10.2 Å². The molecule has 0 fully saturated rings. The van der Waals surface area contributed by atoms with Gasteiger partial charge in [0.1, 0.15) is 0 Å². The minimum Gasteiger partial charge on any atom is -0.395 e. The van der Waals surface area contributed by atoms with Gasteiger partial charge in [0.05, 0.1) is 19.3 Å². The number of hydrogen-bond donors (Lipinski definition) is 3. The van der Waals surface area contributed by atoms with Gasteiger partial charge >= 0.3 is 0 Å². The third-order valence-corrected chi connectivity index (χ3v) is 3.11. The van der Waals surface area contributed by atoms with Crippen LogP contribution in [-0.2, 0) is 4.79 Å². The van der Waals surface area contributed by atoms with Gasteiger partial charge in [0.25, 0.3) is 0 Å². The molecule has 3 N–H and O–H groups in total. The zero-order valence-corrected chi connectivity index (χ0v) is 12.1. The van der Waals surface area contributed by atoms with Crippen LogP contribution in [0.5, 0.6) is 0 Å². The summed E-state index contributed by atoms with van der Waals surface area (Å²) < 4.78 is 0. The Morgan fingerprint density at radius 3 is 2.32 bits per heavy atom. The van der Waals surface area contributed by atoms with Crippen molar-refractivity contribution >= 4 is 5.91 Å². The first-order valence-corrected chi connectivity index (χ1v) is 7.33. The van der Waals surface area contributed by atoms with E-state index in [0.717, 1.165) is 19.3 Å². The van der Waals surface area contributed by atoms with E-state index in [1.54, 1.807) is 0 Å². The fraction of sp³-hybridized carbons (Fsp3) is 0.929. The lowest BCUT2D eigenvalue weighted by Gasteiger charge is -2.23. The molecule has 5 heteroatoms. The number of aliphatic hydroxyl groups is 3. The molecule has 0 unspecified atom stereocenters. The Hall–Kier alpha value is -0.650. The standard InChI is InChI=1S/C14H29NO4/c1-2-3-4-5-6-7-8-14(19)15(9-10-16)11-13(18)12-17/h13,16-18H,2-12H2,1H3/t13-/m1/s1. The molecule has 0 saturated carbocycles. The fourth-order valence-corrected chi connectivity index (χ4v) is 1.97. The van der Waals surface area contributed by atoms with E-state index in [9.17, 15) is 9.90 Å². The number of aliphatic hydroxyl groups excluding tert-OH is 3. The minimum absolute atomic E-state index is 0.0583. The Kier molecular flexibility index (Phi) is 12.0. The third kappa shape index (κ3) is 9.87. The molecule has 0 saturated heterocycles. The van der Waals surface area contributed by atoms with Crippen molar-refractivity contribution in [2.75, 3.05) is 26.3 Å². The number of nitrogens with zero attached hydrogens (tertiary/aromatic N) is 1. The molecule has 114 valence electrons. The van der Waals surface area contributed by atoms with Crippen LogP contribution in [0, 0.1) is 0 Å². The summed E-state index contributed by atoms with van der Waals surface area (Å²) in [5, 5.41) is 27.0. The number of carbonyl (C=O) groups is 1. The first-order valence-electron chi connectivity index (χ1n) is 7.33. The second kappa shape index (κ2) is 12.4. The molecular formula is C14H29NO4. The minimum atomic E-state index is -0.931. The number of amides is 1. The van der Waals surface area contributed by atoms with Crippen LogP contribution in [0.4, 0.5) is 0 Å². The second-order valence-corrected chi connectivity index (χ2v) is 4.92. The van der Waals surface area contributed by atoms with E-state index in [0.29, 0.717) is 6.42 Å². The van der Waals surface area contributed by atoms with Crippen LogP contribution in [-0.4, -0.2) is 58.5 Å². The molecule has 1 atom stereocenters. The molecule has 5 nitrogen and oxygen atoms in total. The normalized spacial score (nSPS) is 12.4. The number of unbranched alkanes of at least 4 members (excludes halogenated alkanes) is 5. The molecule has 0 radical (unpaired) electrons. The Bertz CT molecular complexity index is 223. The van der Waals surface area contributed by atoms with Crippen LogP contribution in [0.2, 0.25) is 0 Å². The Morgan fingerprint density at radius 1 is 1.11 bits per heavy atom. The van der Waals surface area contributed by atoms with E-state index in [-0.39, 0.29) is 32.2 Å². The lowest BCUT2D eigenvalue weighted by Crippen LogP contribution is -2.40. The summed E-state index contributed by atoms with van der Waals surface area (Å²) in [7, 11) is 0. The van der Waals surface area contributed by atoms with Gasteiger partial charge in [0.2, 0.25) is 5.91 Å². The van der Waals surface area contributed by atoms with Gasteiger partial charge in [-0.1, -0.05) is 39.0 Å². The third-order valence-electron chi connectivity index (χ3n) is 3.11. The second-order valence-electron chi connectivity index (χ2n) is 4.92. The van der Waals surface area contributed by atoms with Crippen LogP contribution in [0.1, 0.15) is 51.9 Å². The Labute approximate surface area is 116 Å². The van der Waals surface area contributed by atoms with Gasteiger partial charge in [0, 0.05) is 19.5 Å². The van der Waals surface area contributed by atoms with Gasteiger partial charge < -0.3 is 20.2 Å². The molecule has 0 aliphatic carbocycles. The maximum Gasteiger partial charge on any atom is 0.222 e. The topological polar surface area (TPSA) is 81.0 Å². The predicted octanol–water partition coefficient (Wildman–Crippen LogP) is 0.911. The first-order chi connectivity index (χ1) is 9.15. The summed E-state index contributed by atoms with van der Waals surface area (Å²) in [6.45, 7) is 1.98. The summed E-state index contributed by atoms with van der Waals surface area (Å²) >= 11 is 0. The van der Waals surface area contributed by atoms with E-state index in [1.165, 1.54) is 24.2 Å². The average molecular weight is 275 g/mol. The fourth-order valence-electron chi connectivity index (χ4n) is 1.97. The predicted molar refractivity (Wildman–Crippen MR) is 74.8 cm³/mol.